The molecule has 1 amide bonds. The largest absolute Gasteiger partial charge is 0.497 e. The van der Waals surface area contributed by atoms with Gasteiger partial charge < -0.3 is 19.5 Å². The van der Waals surface area contributed by atoms with E-state index in [1.807, 2.05) is 18.2 Å². The van der Waals surface area contributed by atoms with Crippen LogP contribution in [0.25, 0.3) is 6.08 Å². The van der Waals surface area contributed by atoms with Crippen molar-refractivity contribution in [3.8, 4) is 11.5 Å². The van der Waals surface area contributed by atoms with Crippen LogP contribution in [0.15, 0.2) is 48.5 Å². The number of benzene rings is 2. The molecule has 0 aromatic heterocycles. The maximum atomic E-state index is 12.2. The molecule has 0 saturated heterocycles. The van der Waals surface area contributed by atoms with E-state index in [4.69, 9.17) is 14.2 Å². The van der Waals surface area contributed by atoms with Gasteiger partial charge in [0.25, 0.3) is 5.91 Å². The second-order valence-electron chi connectivity index (χ2n) is 6.80. The maximum absolute atomic E-state index is 12.2. The van der Waals surface area contributed by atoms with Gasteiger partial charge in [0, 0.05) is 12.1 Å². The molecule has 0 saturated carbocycles. The molecule has 0 bridgehead atoms. The Bertz CT molecular complexity index is 884. The smallest absolute Gasteiger partial charge is 0.331 e. The highest BCUT2D eigenvalue weighted by atomic mass is 16.5. The number of fused-ring (bicyclic) bond motifs is 1. The normalized spacial score (nSPS) is 15.4. The molecule has 1 aliphatic carbocycles. The zero-order valence-corrected chi connectivity index (χ0v) is 16.6. The summed E-state index contributed by atoms with van der Waals surface area (Å²) in [7, 11) is 3.11. The SMILES string of the molecule is COc1cc(/C=C/C(=O)OCC(=O)N[C@@H]2CCCc3ccccc32)cc(OC)c1. The molecule has 0 radical (unpaired) electrons. The molecule has 2 aromatic rings. The van der Waals surface area contributed by atoms with Crippen molar-refractivity contribution in [2.24, 2.45) is 0 Å². The minimum Gasteiger partial charge on any atom is -0.497 e. The molecule has 3 rings (SSSR count). The van der Waals surface area contributed by atoms with Gasteiger partial charge in [-0.05, 0) is 54.2 Å². The number of nitrogens with one attached hydrogen (secondary N) is 1. The number of amides is 1. The van der Waals surface area contributed by atoms with Crippen LogP contribution in [0.1, 0.15) is 35.6 Å². The predicted molar refractivity (Wildman–Crippen MR) is 110 cm³/mol. The highest BCUT2D eigenvalue weighted by Gasteiger charge is 2.21. The quantitative estimate of drug-likeness (QED) is 0.574. The molecule has 1 atom stereocenters. The Hall–Kier alpha value is -3.28. The Morgan fingerprint density at radius 1 is 1.10 bits per heavy atom. The standard InChI is InChI=1S/C23H25NO5/c1-27-18-12-16(13-19(14-18)28-2)10-11-23(26)29-15-22(25)24-21-9-5-7-17-6-3-4-8-20(17)21/h3-4,6,8,10-14,21H,5,7,9,15H2,1-2H3,(H,24,25)/b11-10+/t21-/m1/s1. The number of ether oxygens (including phenoxy) is 3. The Balaban J connectivity index is 1.52. The fraction of sp³-hybridized carbons (Fsp3) is 0.304. The van der Waals surface area contributed by atoms with Gasteiger partial charge in [0.1, 0.15) is 11.5 Å². The molecule has 6 nitrogen and oxygen atoms in total. The van der Waals surface area contributed by atoms with E-state index in [9.17, 15) is 9.59 Å². The molecule has 0 spiro atoms. The maximum Gasteiger partial charge on any atom is 0.331 e. The highest BCUT2D eigenvalue weighted by molar-refractivity contribution is 5.89. The Morgan fingerprint density at radius 3 is 2.55 bits per heavy atom. The van der Waals surface area contributed by atoms with Crippen molar-refractivity contribution in [3.05, 3.63) is 65.2 Å². The van der Waals surface area contributed by atoms with Crippen molar-refractivity contribution in [1.82, 2.24) is 5.32 Å². The van der Waals surface area contributed by atoms with Crippen molar-refractivity contribution < 1.29 is 23.8 Å². The molecule has 29 heavy (non-hydrogen) atoms. The number of esters is 1. The number of carbonyl (C=O) groups is 2. The van der Waals surface area contributed by atoms with Crippen LogP contribution in [0.3, 0.4) is 0 Å². The second-order valence-corrected chi connectivity index (χ2v) is 6.80. The minimum absolute atomic E-state index is 0.0362. The monoisotopic (exact) mass is 395 g/mol. The van der Waals surface area contributed by atoms with Gasteiger partial charge >= 0.3 is 5.97 Å². The lowest BCUT2D eigenvalue weighted by Crippen LogP contribution is -2.34. The van der Waals surface area contributed by atoms with Crippen LogP contribution < -0.4 is 14.8 Å². The van der Waals surface area contributed by atoms with Crippen LogP contribution in [0.5, 0.6) is 11.5 Å². The van der Waals surface area contributed by atoms with Crippen molar-refractivity contribution in [1.29, 1.82) is 0 Å². The second kappa shape index (κ2) is 9.78. The summed E-state index contributed by atoms with van der Waals surface area (Å²) in [6, 6.07) is 13.3. The van der Waals surface area contributed by atoms with Gasteiger partial charge in [0.05, 0.1) is 20.3 Å². The molecule has 0 unspecified atom stereocenters. The first-order valence-electron chi connectivity index (χ1n) is 9.54. The number of aryl methyl sites for hydroxylation is 1. The van der Waals surface area contributed by atoms with E-state index in [-0.39, 0.29) is 18.6 Å². The average Bonchev–Trinajstić information content (AvgIpc) is 2.76. The van der Waals surface area contributed by atoms with Gasteiger partial charge in [-0.1, -0.05) is 24.3 Å². The van der Waals surface area contributed by atoms with Crippen LogP contribution in [0, 0.1) is 0 Å². The van der Waals surface area contributed by atoms with Crippen molar-refractivity contribution in [2.45, 2.75) is 25.3 Å². The predicted octanol–water partition coefficient (Wildman–Crippen LogP) is 3.45. The van der Waals surface area contributed by atoms with E-state index in [2.05, 4.69) is 11.4 Å². The number of rotatable bonds is 7. The molecular formula is C23H25NO5. The molecule has 6 heteroatoms. The molecule has 0 fully saturated rings. The number of hydrogen-bond acceptors (Lipinski definition) is 5. The van der Waals surface area contributed by atoms with Gasteiger partial charge in [-0.15, -0.1) is 0 Å². The first-order chi connectivity index (χ1) is 14.1. The summed E-state index contributed by atoms with van der Waals surface area (Å²) in [5, 5.41) is 2.96. The average molecular weight is 395 g/mol. The molecule has 2 aromatic carbocycles. The topological polar surface area (TPSA) is 73.9 Å². The van der Waals surface area contributed by atoms with Crippen molar-refractivity contribution >= 4 is 18.0 Å². The van der Waals surface area contributed by atoms with E-state index in [1.54, 1.807) is 38.5 Å². The summed E-state index contributed by atoms with van der Waals surface area (Å²) in [4.78, 5) is 24.2. The lowest BCUT2D eigenvalue weighted by molar-refractivity contribution is -0.144. The van der Waals surface area contributed by atoms with E-state index in [0.29, 0.717) is 11.5 Å². The van der Waals surface area contributed by atoms with Crippen molar-refractivity contribution in [3.63, 3.8) is 0 Å². The Labute approximate surface area is 170 Å². The molecule has 1 N–H and O–H groups in total. The number of methoxy groups -OCH3 is 2. The first-order valence-corrected chi connectivity index (χ1v) is 9.54. The van der Waals surface area contributed by atoms with Crippen LogP contribution in [0.4, 0.5) is 0 Å². The van der Waals surface area contributed by atoms with Gasteiger partial charge in [-0.2, -0.15) is 0 Å². The molecule has 1 aliphatic rings. The first kappa shape index (κ1) is 20.5. The summed E-state index contributed by atoms with van der Waals surface area (Å²) >= 11 is 0. The summed E-state index contributed by atoms with van der Waals surface area (Å²) in [5.74, 6) is 0.330. The van der Waals surface area contributed by atoms with Crippen LogP contribution in [-0.2, 0) is 20.7 Å². The summed E-state index contributed by atoms with van der Waals surface area (Å²) in [5.41, 5.74) is 3.13. The van der Waals surface area contributed by atoms with Crippen LogP contribution in [-0.4, -0.2) is 32.7 Å². The fourth-order valence-electron chi connectivity index (χ4n) is 3.41. The van der Waals surface area contributed by atoms with Gasteiger partial charge in [-0.25, -0.2) is 4.79 Å². The van der Waals surface area contributed by atoms with E-state index < -0.39 is 5.97 Å². The van der Waals surface area contributed by atoms with Gasteiger partial charge in [0.15, 0.2) is 6.61 Å². The lowest BCUT2D eigenvalue weighted by atomic mass is 9.88. The third-order valence-electron chi connectivity index (χ3n) is 4.84. The molecule has 0 aliphatic heterocycles. The zero-order chi connectivity index (χ0) is 20.6. The number of carbonyl (C=O) groups excluding carboxylic acids is 2. The Morgan fingerprint density at radius 2 is 1.83 bits per heavy atom. The highest BCUT2D eigenvalue weighted by Crippen LogP contribution is 2.29. The van der Waals surface area contributed by atoms with E-state index in [0.717, 1.165) is 30.4 Å². The summed E-state index contributed by atoms with van der Waals surface area (Å²) < 4.78 is 15.5. The van der Waals surface area contributed by atoms with Crippen LogP contribution in [0.2, 0.25) is 0 Å². The minimum atomic E-state index is -0.592. The van der Waals surface area contributed by atoms with Gasteiger partial charge in [-0.3, -0.25) is 4.79 Å². The van der Waals surface area contributed by atoms with E-state index in [1.165, 1.54) is 11.6 Å². The number of hydrogen-bond donors (Lipinski definition) is 1. The lowest BCUT2D eigenvalue weighted by Gasteiger charge is -2.26. The van der Waals surface area contributed by atoms with Crippen LogP contribution >= 0.6 is 0 Å². The molecule has 0 heterocycles. The molecular weight excluding hydrogens is 370 g/mol. The zero-order valence-electron chi connectivity index (χ0n) is 16.6. The van der Waals surface area contributed by atoms with Gasteiger partial charge in [0.2, 0.25) is 0 Å². The Kier molecular flexibility index (Phi) is 6.89. The third kappa shape index (κ3) is 5.60. The fourth-order valence-corrected chi connectivity index (χ4v) is 3.41. The summed E-state index contributed by atoms with van der Waals surface area (Å²) in [6.45, 7) is -0.316. The third-order valence-corrected chi connectivity index (χ3v) is 4.84. The summed E-state index contributed by atoms with van der Waals surface area (Å²) in [6.07, 6.45) is 5.79. The van der Waals surface area contributed by atoms with E-state index >= 15 is 0 Å². The van der Waals surface area contributed by atoms with Crippen molar-refractivity contribution in [2.75, 3.05) is 20.8 Å². The molecule has 152 valence electrons.